The molecule has 0 aliphatic heterocycles. The molecule has 0 saturated heterocycles. The van der Waals surface area contributed by atoms with Crippen molar-refractivity contribution in [3.63, 3.8) is 0 Å². The first-order valence-corrected chi connectivity index (χ1v) is 19.3. The third-order valence-corrected chi connectivity index (χ3v) is 11.8. The molecule has 0 bridgehead atoms. The van der Waals surface area contributed by atoms with Gasteiger partial charge >= 0.3 is 0 Å². The lowest BCUT2D eigenvalue weighted by molar-refractivity contribution is 1.13. The van der Waals surface area contributed by atoms with Gasteiger partial charge < -0.3 is 4.57 Å². The highest BCUT2D eigenvalue weighted by Crippen LogP contribution is 2.46. The van der Waals surface area contributed by atoms with Crippen LogP contribution in [0.2, 0.25) is 0 Å². The Hall–Kier alpha value is -7.36. The lowest BCUT2D eigenvalue weighted by Gasteiger charge is -2.14. The van der Waals surface area contributed by atoms with E-state index in [-0.39, 0.29) is 0 Å². The minimum absolute atomic E-state index is 0.745. The summed E-state index contributed by atoms with van der Waals surface area (Å²) in [6, 6.07) is 68.0. The van der Waals surface area contributed by atoms with E-state index in [0.717, 1.165) is 40.4 Å². The Balaban J connectivity index is 1.05. The molecule has 0 atom stereocenters. The molecule has 0 spiro atoms. The fraction of sp³-hybridized carbons (Fsp3) is 0.0189. The van der Waals surface area contributed by atoms with Crippen LogP contribution in [-0.4, -0.2) is 14.5 Å². The zero-order valence-electron chi connectivity index (χ0n) is 30.4. The van der Waals surface area contributed by atoms with Crippen LogP contribution in [0.1, 0.15) is 11.1 Å². The summed E-state index contributed by atoms with van der Waals surface area (Å²) in [5.74, 6) is 0.745. The summed E-state index contributed by atoms with van der Waals surface area (Å²) >= 11 is 0. The zero-order valence-corrected chi connectivity index (χ0v) is 30.4. The highest BCUT2D eigenvalue weighted by atomic mass is 15.0. The predicted octanol–water partition coefficient (Wildman–Crippen LogP) is 13.6. The summed E-state index contributed by atoms with van der Waals surface area (Å²) in [6.07, 6.45) is 0.751. The van der Waals surface area contributed by atoms with Crippen LogP contribution in [0.4, 0.5) is 0 Å². The van der Waals surface area contributed by atoms with E-state index in [9.17, 15) is 0 Å². The number of fused-ring (bicyclic) bond motifs is 12. The van der Waals surface area contributed by atoms with Crippen molar-refractivity contribution >= 4 is 54.1 Å². The van der Waals surface area contributed by atoms with Crippen molar-refractivity contribution in [2.45, 2.75) is 6.42 Å². The molecule has 3 heteroatoms. The highest BCUT2D eigenvalue weighted by Gasteiger charge is 2.28. The Morgan fingerprint density at radius 3 is 1.57 bits per heavy atom. The number of hydrogen-bond donors (Lipinski definition) is 0. The number of aromatic nitrogens is 3. The molecule has 56 heavy (non-hydrogen) atoms. The molecule has 0 amide bonds. The summed E-state index contributed by atoms with van der Waals surface area (Å²) in [6.45, 7) is 0. The first-order chi connectivity index (χ1) is 27.8. The van der Waals surface area contributed by atoms with Gasteiger partial charge in [-0.15, -0.1) is 0 Å². The molecule has 2 aromatic heterocycles. The second-order valence-electron chi connectivity index (χ2n) is 14.9. The van der Waals surface area contributed by atoms with Crippen LogP contribution in [0, 0.1) is 0 Å². The van der Waals surface area contributed by atoms with E-state index in [4.69, 9.17) is 9.97 Å². The molecule has 2 heterocycles. The second-order valence-corrected chi connectivity index (χ2v) is 14.9. The lowest BCUT2D eigenvalue weighted by Crippen LogP contribution is -1.99. The molecule has 1 aliphatic rings. The van der Waals surface area contributed by atoms with Gasteiger partial charge in [-0.1, -0.05) is 158 Å². The Morgan fingerprint density at radius 1 is 0.339 bits per heavy atom. The molecular formula is C53H33N3. The first kappa shape index (κ1) is 31.0. The van der Waals surface area contributed by atoms with E-state index in [1.807, 2.05) is 6.07 Å². The standard InChI is InChI=1S/C53H33N3/c1-2-14-33(15-3-1)53-54-51(35-28-29-42-40-20-5-4-18-38(40)39-19-6-7-21-41(39)46(42)31-35)48-32-47-37(24-13-25-45(47)52(48)55-53)34-16-12-17-36(30-34)56-49-26-10-8-22-43(49)44-23-9-11-27-50(44)56/h1-31H,32H2. The van der Waals surface area contributed by atoms with Gasteiger partial charge in [0, 0.05) is 45.1 Å². The smallest absolute Gasteiger partial charge is 0.160 e. The Labute approximate surface area is 323 Å². The summed E-state index contributed by atoms with van der Waals surface area (Å²) in [5, 5.41) is 10.1. The number of para-hydroxylation sites is 2. The van der Waals surface area contributed by atoms with Gasteiger partial charge in [-0.05, 0) is 79.3 Å². The Bertz CT molecular complexity index is 3300. The number of benzene rings is 9. The molecule has 0 saturated carbocycles. The van der Waals surface area contributed by atoms with Crippen molar-refractivity contribution in [2.75, 3.05) is 0 Å². The second kappa shape index (κ2) is 12.1. The molecule has 1 aliphatic carbocycles. The third kappa shape index (κ3) is 4.58. The number of hydrogen-bond acceptors (Lipinski definition) is 2. The first-order valence-electron chi connectivity index (χ1n) is 19.3. The van der Waals surface area contributed by atoms with Gasteiger partial charge in [0.15, 0.2) is 5.82 Å². The minimum atomic E-state index is 0.745. The number of nitrogens with zero attached hydrogens (tertiary/aromatic N) is 3. The average molecular weight is 712 g/mol. The van der Waals surface area contributed by atoms with Crippen LogP contribution < -0.4 is 0 Å². The van der Waals surface area contributed by atoms with Gasteiger partial charge in [0.2, 0.25) is 0 Å². The molecule has 0 N–H and O–H groups in total. The van der Waals surface area contributed by atoms with E-state index >= 15 is 0 Å². The van der Waals surface area contributed by atoms with Gasteiger partial charge in [-0.2, -0.15) is 0 Å². The van der Waals surface area contributed by atoms with E-state index in [0.29, 0.717) is 0 Å². The maximum atomic E-state index is 5.41. The maximum absolute atomic E-state index is 5.41. The SMILES string of the molecule is c1ccc(-c2nc(-c3ccc4c5ccccc5c5ccccc5c4c3)c3c(n2)-c2cccc(-c4cccc(-n5c6ccccc6c6ccccc65)c4)c2C3)cc1. The van der Waals surface area contributed by atoms with Crippen molar-refractivity contribution in [3.05, 3.63) is 199 Å². The average Bonchev–Trinajstić information content (AvgIpc) is 3.82. The van der Waals surface area contributed by atoms with Crippen molar-refractivity contribution < 1.29 is 0 Å². The van der Waals surface area contributed by atoms with Crippen molar-refractivity contribution in [2.24, 2.45) is 0 Å². The normalized spacial score (nSPS) is 12.2. The maximum Gasteiger partial charge on any atom is 0.160 e. The van der Waals surface area contributed by atoms with Crippen molar-refractivity contribution in [1.82, 2.24) is 14.5 Å². The molecule has 260 valence electrons. The fourth-order valence-corrected chi connectivity index (χ4v) is 9.34. The molecule has 3 nitrogen and oxygen atoms in total. The van der Waals surface area contributed by atoms with Crippen LogP contribution in [-0.2, 0) is 6.42 Å². The lowest BCUT2D eigenvalue weighted by atomic mass is 9.92. The largest absolute Gasteiger partial charge is 0.309 e. The quantitative estimate of drug-likeness (QED) is 0.170. The van der Waals surface area contributed by atoms with Crippen LogP contribution in [0.5, 0.6) is 0 Å². The van der Waals surface area contributed by atoms with E-state index in [1.54, 1.807) is 0 Å². The Kier molecular flexibility index (Phi) is 6.69. The van der Waals surface area contributed by atoms with Gasteiger partial charge in [0.1, 0.15) is 0 Å². The number of rotatable bonds is 4. The molecule has 0 unspecified atom stereocenters. The van der Waals surface area contributed by atoms with Crippen molar-refractivity contribution in [3.8, 4) is 50.7 Å². The molecule has 9 aromatic carbocycles. The molecule has 0 fully saturated rings. The minimum Gasteiger partial charge on any atom is -0.309 e. The van der Waals surface area contributed by atoms with Gasteiger partial charge in [0.25, 0.3) is 0 Å². The third-order valence-electron chi connectivity index (χ3n) is 11.8. The summed E-state index contributed by atoms with van der Waals surface area (Å²) in [7, 11) is 0. The van der Waals surface area contributed by atoms with E-state index in [2.05, 4.69) is 187 Å². The fourth-order valence-electron chi connectivity index (χ4n) is 9.34. The highest BCUT2D eigenvalue weighted by molar-refractivity contribution is 6.25. The summed E-state index contributed by atoms with van der Waals surface area (Å²) < 4.78 is 2.40. The van der Waals surface area contributed by atoms with Crippen LogP contribution in [0.15, 0.2) is 188 Å². The van der Waals surface area contributed by atoms with Crippen LogP contribution in [0.25, 0.3) is 105 Å². The summed E-state index contributed by atoms with van der Waals surface area (Å²) in [5.41, 5.74) is 13.8. The van der Waals surface area contributed by atoms with Crippen molar-refractivity contribution in [1.29, 1.82) is 0 Å². The van der Waals surface area contributed by atoms with Gasteiger partial charge in [-0.3, -0.25) is 0 Å². The molecular weight excluding hydrogens is 679 g/mol. The summed E-state index contributed by atoms with van der Waals surface area (Å²) in [4.78, 5) is 10.8. The zero-order chi connectivity index (χ0) is 36.7. The molecule has 0 radical (unpaired) electrons. The predicted molar refractivity (Wildman–Crippen MR) is 233 cm³/mol. The van der Waals surface area contributed by atoms with Crippen LogP contribution >= 0.6 is 0 Å². The van der Waals surface area contributed by atoms with E-state index in [1.165, 1.54) is 81.9 Å². The molecule has 11 aromatic rings. The van der Waals surface area contributed by atoms with Gasteiger partial charge in [0.05, 0.1) is 22.4 Å². The van der Waals surface area contributed by atoms with Crippen LogP contribution in [0.3, 0.4) is 0 Å². The molecule has 12 rings (SSSR count). The van der Waals surface area contributed by atoms with Gasteiger partial charge in [-0.25, -0.2) is 9.97 Å². The topological polar surface area (TPSA) is 30.7 Å². The van der Waals surface area contributed by atoms with E-state index < -0.39 is 0 Å². The monoisotopic (exact) mass is 711 g/mol. The Morgan fingerprint density at radius 2 is 0.875 bits per heavy atom.